The molecule has 1 rings (SSSR count). The van der Waals surface area contributed by atoms with E-state index in [-0.39, 0.29) is 17.4 Å². The van der Waals surface area contributed by atoms with Gasteiger partial charge in [-0.2, -0.15) is 21.0 Å². The van der Waals surface area contributed by atoms with Crippen molar-refractivity contribution in [2.24, 2.45) is 0 Å². The van der Waals surface area contributed by atoms with Crippen LogP contribution in [0.3, 0.4) is 0 Å². The molecule has 1 amide bonds. The topological polar surface area (TPSA) is 81.7 Å². The van der Waals surface area contributed by atoms with Crippen molar-refractivity contribution in [2.45, 2.75) is 0 Å². The largest absolute Gasteiger partial charge is 0.413 e. The molecule has 8 heteroatoms. The molecule has 0 unspecified atom stereocenters. The highest BCUT2D eigenvalue weighted by Gasteiger charge is 2.06. The zero-order valence-corrected chi connectivity index (χ0v) is 10.6. The van der Waals surface area contributed by atoms with Crippen LogP contribution in [0.2, 0.25) is 0 Å². The maximum absolute atomic E-state index is 11.0. The van der Waals surface area contributed by atoms with Crippen LogP contribution in [0.5, 0.6) is 11.5 Å². The minimum Gasteiger partial charge on any atom is -0.410 e. The Kier molecular flexibility index (Phi) is 4.64. The zero-order valence-electron chi connectivity index (χ0n) is 8.91. The molecule has 17 heavy (non-hydrogen) atoms. The van der Waals surface area contributed by atoms with E-state index in [2.05, 4.69) is 22.1 Å². The molecule has 0 aliphatic heterocycles. The van der Waals surface area contributed by atoms with Crippen LogP contribution in [-0.4, -0.2) is 26.6 Å². The van der Waals surface area contributed by atoms with Crippen LogP contribution in [0.25, 0.3) is 0 Å². The second-order valence-corrected chi connectivity index (χ2v) is 4.87. The van der Waals surface area contributed by atoms with Crippen LogP contribution in [0.1, 0.15) is 0 Å². The van der Waals surface area contributed by atoms with Crippen LogP contribution in [-0.2, 0) is 10.1 Å². The fraction of sp³-hybridized carbons (Fsp3) is 0.222. The maximum Gasteiger partial charge on any atom is 0.413 e. The SMILES string of the molecule is CS(=O)(=O)Oc1ccc(OC(=O)NCS)cc1. The number of ether oxygens (including phenoxy) is 1. The lowest BCUT2D eigenvalue weighted by Gasteiger charge is -2.06. The van der Waals surface area contributed by atoms with Gasteiger partial charge in [0, 0.05) is 0 Å². The second kappa shape index (κ2) is 5.78. The number of nitrogens with one attached hydrogen (secondary N) is 1. The molecule has 0 spiro atoms. The van der Waals surface area contributed by atoms with Gasteiger partial charge in [0.1, 0.15) is 11.5 Å². The van der Waals surface area contributed by atoms with Gasteiger partial charge in [-0.1, -0.05) is 0 Å². The number of benzene rings is 1. The quantitative estimate of drug-likeness (QED) is 0.487. The first-order valence-electron chi connectivity index (χ1n) is 4.47. The summed E-state index contributed by atoms with van der Waals surface area (Å²) in [4.78, 5) is 11.0. The van der Waals surface area contributed by atoms with Crippen LogP contribution < -0.4 is 14.2 Å². The molecule has 1 N–H and O–H groups in total. The molecule has 94 valence electrons. The number of thiol groups is 1. The lowest BCUT2D eigenvalue weighted by molar-refractivity contribution is 0.202. The van der Waals surface area contributed by atoms with E-state index < -0.39 is 16.2 Å². The third-order valence-electron chi connectivity index (χ3n) is 1.51. The lowest BCUT2D eigenvalue weighted by atomic mass is 10.3. The molecular formula is C9H11NO5S2. The van der Waals surface area contributed by atoms with E-state index >= 15 is 0 Å². The Hall–Kier alpha value is -1.41. The first-order valence-corrected chi connectivity index (χ1v) is 6.91. The normalized spacial score (nSPS) is 10.7. The summed E-state index contributed by atoms with van der Waals surface area (Å²) in [5.41, 5.74) is 0. The van der Waals surface area contributed by atoms with Crippen molar-refractivity contribution in [1.29, 1.82) is 0 Å². The highest BCUT2D eigenvalue weighted by Crippen LogP contribution is 2.18. The summed E-state index contributed by atoms with van der Waals surface area (Å²) in [6.07, 6.45) is 0.300. The summed E-state index contributed by atoms with van der Waals surface area (Å²) in [5.74, 6) is 0.577. The minimum atomic E-state index is -3.55. The van der Waals surface area contributed by atoms with Crippen molar-refractivity contribution < 1.29 is 22.1 Å². The smallest absolute Gasteiger partial charge is 0.410 e. The van der Waals surface area contributed by atoms with Crippen molar-refractivity contribution in [3.05, 3.63) is 24.3 Å². The van der Waals surface area contributed by atoms with Crippen molar-refractivity contribution in [3.63, 3.8) is 0 Å². The standard InChI is InChI=1S/C9H11NO5S2/c1-17(12,13)15-8-4-2-7(3-5-8)14-9(11)10-6-16/h2-5,16H,6H2,1H3,(H,10,11). The van der Waals surface area contributed by atoms with Gasteiger partial charge in [0.05, 0.1) is 12.1 Å². The van der Waals surface area contributed by atoms with E-state index in [1.165, 1.54) is 24.3 Å². The van der Waals surface area contributed by atoms with E-state index in [1.54, 1.807) is 0 Å². The van der Waals surface area contributed by atoms with Crippen molar-refractivity contribution in [1.82, 2.24) is 5.32 Å². The van der Waals surface area contributed by atoms with Gasteiger partial charge in [-0.05, 0) is 24.3 Å². The van der Waals surface area contributed by atoms with Crippen molar-refractivity contribution in [3.8, 4) is 11.5 Å². The Bertz CT molecular complexity index is 483. The molecule has 1 aromatic rings. The number of hydrogen-bond acceptors (Lipinski definition) is 6. The van der Waals surface area contributed by atoms with E-state index in [4.69, 9.17) is 4.74 Å². The zero-order chi connectivity index (χ0) is 12.9. The third kappa shape index (κ3) is 5.45. The number of rotatable bonds is 4. The molecule has 0 fully saturated rings. The summed E-state index contributed by atoms with van der Waals surface area (Å²) >= 11 is 3.79. The Balaban J connectivity index is 2.65. The Labute approximate surface area is 104 Å². The highest BCUT2D eigenvalue weighted by molar-refractivity contribution is 7.86. The van der Waals surface area contributed by atoms with Gasteiger partial charge in [0.2, 0.25) is 0 Å². The fourth-order valence-electron chi connectivity index (χ4n) is 0.946. The van der Waals surface area contributed by atoms with Gasteiger partial charge in [-0.15, -0.1) is 0 Å². The molecule has 0 saturated heterocycles. The average molecular weight is 277 g/mol. The molecule has 0 heterocycles. The molecule has 0 aliphatic rings. The van der Waals surface area contributed by atoms with Gasteiger partial charge in [-0.25, -0.2) is 4.79 Å². The molecular weight excluding hydrogens is 266 g/mol. The Morgan fingerprint density at radius 1 is 1.29 bits per heavy atom. The van der Waals surface area contributed by atoms with E-state index in [0.717, 1.165) is 6.26 Å². The second-order valence-electron chi connectivity index (χ2n) is 2.98. The Morgan fingerprint density at radius 3 is 2.29 bits per heavy atom. The number of carbonyl (C=O) groups is 1. The van der Waals surface area contributed by atoms with Crippen LogP contribution >= 0.6 is 12.6 Å². The van der Waals surface area contributed by atoms with Crippen LogP contribution in [0.4, 0.5) is 4.79 Å². The summed E-state index contributed by atoms with van der Waals surface area (Å²) in [5, 5.41) is 2.32. The summed E-state index contributed by atoms with van der Waals surface area (Å²) in [7, 11) is -3.55. The number of amides is 1. The summed E-state index contributed by atoms with van der Waals surface area (Å²) < 4.78 is 31.1. The summed E-state index contributed by atoms with van der Waals surface area (Å²) in [6, 6.07) is 5.59. The van der Waals surface area contributed by atoms with Gasteiger partial charge >= 0.3 is 16.2 Å². The van der Waals surface area contributed by atoms with E-state index in [1.807, 2.05) is 0 Å². The first-order chi connectivity index (χ1) is 7.90. The summed E-state index contributed by atoms with van der Waals surface area (Å²) in [6.45, 7) is 0. The van der Waals surface area contributed by atoms with E-state index in [0.29, 0.717) is 0 Å². The minimum absolute atomic E-state index is 0.148. The van der Waals surface area contributed by atoms with Gasteiger partial charge in [0.25, 0.3) is 0 Å². The van der Waals surface area contributed by atoms with Crippen LogP contribution in [0, 0.1) is 0 Å². The fourth-order valence-corrected chi connectivity index (χ4v) is 1.54. The predicted octanol–water partition coefficient (Wildman–Crippen LogP) is 1.00. The molecule has 0 saturated carbocycles. The Morgan fingerprint density at radius 2 is 1.82 bits per heavy atom. The number of carbonyl (C=O) groups excluding carboxylic acids is 1. The first kappa shape index (κ1) is 13.7. The van der Waals surface area contributed by atoms with Gasteiger partial charge in [-0.3, -0.25) is 0 Å². The van der Waals surface area contributed by atoms with Crippen LogP contribution in [0.15, 0.2) is 24.3 Å². The van der Waals surface area contributed by atoms with Crippen molar-refractivity contribution in [2.75, 3.05) is 12.1 Å². The molecule has 0 radical (unpaired) electrons. The lowest BCUT2D eigenvalue weighted by Crippen LogP contribution is -2.25. The molecule has 1 aromatic carbocycles. The monoisotopic (exact) mass is 277 g/mol. The average Bonchev–Trinajstić information content (AvgIpc) is 2.19. The van der Waals surface area contributed by atoms with Gasteiger partial charge in [0.15, 0.2) is 0 Å². The molecule has 0 aromatic heterocycles. The molecule has 0 bridgehead atoms. The highest BCUT2D eigenvalue weighted by atomic mass is 32.2. The number of hydrogen-bond donors (Lipinski definition) is 2. The molecule has 0 atom stereocenters. The predicted molar refractivity (Wildman–Crippen MR) is 64.9 cm³/mol. The third-order valence-corrected chi connectivity index (χ3v) is 2.16. The molecule has 6 nitrogen and oxygen atoms in total. The van der Waals surface area contributed by atoms with Crippen molar-refractivity contribution >= 4 is 28.8 Å². The molecule has 0 aliphatic carbocycles. The van der Waals surface area contributed by atoms with Gasteiger partial charge < -0.3 is 14.2 Å². The van der Waals surface area contributed by atoms with E-state index in [9.17, 15) is 13.2 Å². The maximum atomic E-state index is 11.0.